The topological polar surface area (TPSA) is 131 Å². The van der Waals surface area contributed by atoms with E-state index < -0.39 is 17.0 Å². The number of aliphatic hydroxyl groups is 1. The molecule has 1 aromatic carbocycles. The van der Waals surface area contributed by atoms with Gasteiger partial charge in [-0.15, -0.1) is 0 Å². The van der Waals surface area contributed by atoms with Crippen molar-refractivity contribution in [2.45, 2.75) is 70.1 Å². The number of imidazole rings is 1. The van der Waals surface area contributed by atoms with Crippen LogP contribution in [0.3, 0.4) is 0 Å². The zero-order valence-electron chi connectivity index (χ0n) is 19.8. The third-order valence-corrected chi connectivity index (χ3v) is 7.65. The van der Waals surface area contributed by atoms with Crippen molar-refractivity contribution >= 4 is 46.3 Å². The van der Waals surface area contributed by atoms with Gasteiger partial charge >= 0.3 is 0 Å². The van der Waals surface area contributed by atoms with Gasteiger partial charge < -0.3 is 21.5 Å². The summed E-state index contributed by atoms with van der Waals surface area (Å²) in [5.41, 5.74) is 5.59. The molecule has 0 radical (unpaired) electrons. The second-order valence-electron chi connectivity index (χ2n) is 10.0. The number of fused-ring (bicyclic) bond motifs is 1. The number of aliphatic hydroxyl groups excluding tert-OH is 1. The molecule has 36 heavy (non-hydrogen) atoms. The van der Waals surface area contributed by atoms with Crippen molar-refractivity contribution < 1.29 is 18.7 Å². The van der Waals surface area contributed by atoms with Crippen molar-refractivity contribution in [3.8, 4) is 0 Å². The number of anilines is 3. The summed E-state index contributed by atoms with van der Waals surface area (Å²) in [5.74, 6) is -1.45. The first kappa shape index (κ1) is 24.6. The maximum absolute atomic E-state index is 14.6. The van der Waals surface area contributed by atoms with Crippen LogP contribution in [0.15, 0.2) is 18.3 Å². The monoisotopic (exact) mass is 519 g/mol. The van der Waals surface area contributed by atoms with Crippen LogP contribution in [0.2, 0.25) is 5.02 Å². The van der Waals surface area contributed by atoms with Crippen molar-refractivity contribution in [1.82, 2.24) is 19.5 Å². The molecule has 2 fully saturated rings. The number of primary amides is 1. The van der Waals surface area contributed by atoms with Crippen molar-refractivity contribution in [3.63, 3.8) is 0 Å². The number of carbonyl (C=O) groups excluding carboxylic acids is 1. The van der Waals surface area contributed by atoms with E-state index in [9.17, 15) is 18.7 Å². The molecule has 5 N–H and O–H groups in total. The summed E-state index contributed by atoms with van der Waals surface area (Å²) < 4.78 is 31.0. The molecule has 1 amide bonds. The summed E-state index contributed by atoms with van der Waals surface area (Å²) in [6.45, 7) is 1.86. The molecule has 3 aromatic rings. The van der Waals surface area contributed by atoms with Gasteiger partial charge in [-0.3, -0.25) is 9.36 Å². The zero-order valence-corrected chi connectivity index (χ0v) is 20.5. The largest absolute Gasteiger partial charge is 0.393 e. The average Bonchev–Trinajstić information content (AvgIpc) is 3.39. The standard InChI is InChI=1S/C24H28ClF2N7O2/c1-24(21(28)36)6-4-14(5-7-24)34-20-18(11-29-22(33-20)30-13-2-3-15(35)10-13)31-23(34)32-19-16(26)8-12(25)9-17(19)27/h8-9,11,13-15,35H,2-7,10H2,1H3,(H2,28,36)(H,31,32)(H,29,30,33)/t13-,14?,15-,24?/m1/s1. The Bertz CT molecular complexity index is 1290. The van der Waals surface area contributed by atoms with Crippen molar-refractivity contribution in [2.24, 2.45) is 11.1 Å². The Balaban J connectivity index is 1.53. The molecule has 2 aromatic heterocycles. The Kier molecular flexibility index (Phi) is 6.46. The minimum atomic E-state index is -0.850. The van der Waals surface area contributed by atoms with E-state index in [0.29, 0.717) is 55.6 Å². The molecule has 0 saturated heterocycles. The minimum absolute atomic E-state index is 0.0506. The summed E-state index contributed by atoms with van der Waals surface area (Å²) in [5, 5.41) is 15.9. The third-order valence-electron chi connectivity index (χ3n) is 7.43. The zero-order chi connectivity index (χ0) is 25.6. The lowest BCUT2D eigenvalue weighted by Gasteiger charge is -2.35. The molecule has 192 valence electrons. The lowest BCUT2D eigenvalue weighted by Crippen LogP contribution is -2.38. The molecule has 2 heterocycles. The van der Waals surface area contributed by atoms with Crippen LogP contribution in [0.25, 0.3) is 11.2 Å². The summed E-state index contributed by atoms with van der Waals surface area (Å²) in [4.78, 5) is 25.6. The highest BCUT2D eigenvalue weighted by atomic mass is 35.5. The number of amides is 1. The first-order valence-electron chi connectivity index (χ1n) is 12.0. The van der Waals surface area contributed by atoms with E-state index in [1.165, 1.54) is 0 Å². The second-order valence-corrected chi connectivity index (χ2v) is 10.5. The average molecular weight is 520 g/mol. The Morgan fingerprint density at radius 1 is 1.19 bits per heavy atom. The fraction of sp³-hybridized carbons (Fsp3) is 0.500. The quantitative estimate of drug-likeness (QED) is 0.379. The Hall–Kier alpha value is -3.05. The number of benzene rings is 1. The highest BCUT2D eigenvalue weighted by Gasteiger charge is 2.38. The SMILES string of the molecule is CC1(C(N)=O)CCC(n2c(Nc3c(F)cc(Cl)cc3F)nc3cnc(N[C@@H]4CC[C@@H](O)C4)nc32)CC1. The van der Waals surface area contributed by atoms with Gasteiger partial charge in [-0.2, -0.15) is 4.98 Å². The summed E-state index contributed by atoms with van der Waals surface area (Å²) in [7, 11) is 0. The van der Waals surface area contributed by atoms with Crippen LogP contribution in [0.1, 0.15) is 57.9 Å². The van der Waals surface area contributed by atoms with E-state index in [0.717, 1.165) is 18.6 Å². The molecule has 2 saturated carbocycles. The summed E-state index contributed by atoms with van der Waals surface area (Å²) in [6.07, 6.45) is 5.67. The highest BCUT2D eigenvalue weighted by molar-refractivity contribution is 6.30. The lowest BCUT2D eigenvalue weighted by molar-refractivity contribution is -0.128. The van der Waals surface area contributed by atoms with E-state index in [1.54, 1.807) is 6.20 Å². The number of halogens is 3. The van der Waals surface area contributed by atoms with E-state index in [1.807, 2.05) is 11.5 Å². The molecule has 0 bridgehead atoms. The lowest BCUT2D eigenvalue weighted by atomic mass is 9.73. The van der Waals surface area contributed by atoms with Crippen molar-refractivity contribution in [1.29, 1.82) is 0 Å². The summed E-state index contributed by atoms with van der Waals surface area (Å²) in [6, 6.07) is 1.96. The van der Waals surface area contributed by atoms with Gasteiger partial charge in [0.2, 0.25) is 17.8 Å². The minimum Gasteiger partial charge on any atom is -0.393 e. The molecule has 2 aliphatic rings. The van der Waals surface area contributed by atoms with Crippen molar-refractivity contribution in [2.75, 3.05) is 10.6 Å². The molecule has 2 aliphatic carbocycles. The summed E-state index contributed by atoms with van der Waals surface area (Å²) >= 11 is 5.78. The first-order chi connectivity index (χ1) is 17.1. The highest BCUT2D eigenvalue weighted by Crippen LogP contribution is 2.43. The van der Waals surface area contributed by atoms with Gasteiger partial charge in [0.25, 0.3) is 0 Å². The van der Waals surface area contributed by atoms with Gasteiger partial charge in [-0.1, -0.05) is 18.5 Å². The maximum atomic E-state index is 14.6. The van der Waals surface area contributed by atoms with Crippen LogP contribution >= 0.6 is 11.6 Å². The molecule has 9 nitrogen and oxygen atoms in total. The van der Waals surface area contributed by atoms with Gasteiger partial charge in [0.1, 0.15) is 11.2 Å². The van der Waals surface area contributed by atoms with Crippen LogP contribution in [-0.4, -0.2) is 42.7 Å². The normalized spacial score (nSPS) is 26.3. The number of carbonyl (C=O) groups is 1. The molecule has 5 rings (SSSR count). The number of nitrogens with two attached hydrogens (primary N) is 1. The van der Waals surface area contributed by atoms with Gasteiger partial charge in [0, 0.05) is 22.5 Å². The van der Waals surface area contributed by atoms with Crippen LogP contribution in [0.4, 0.5) is 26.4 Å². The van der Waals surface area contributed by atoms with Crippen LogP contribution in [0.5, 0.6) is 0 Å². The van der Waals surface area contributed by atoms with Gasteiger partial charge in [0.05, 0.1) is 12.3 Å². The second kappa shape index (κ2) is 9.44. The van der Waals surface area contributed by atoms with Crippen LogP contribution in [0, 0.1) is 17.0 Å². The molecule has 0 spiro atoms. The molecule has 2 atom stereocenters. The number of hydrogen-bond donors (Lipinski definition) is 4. The van der Waals surface area contributed by atoms with Crippen molar-refractivity contribution in [3.05, 3.63) is 35.0 Å². The third kappa shape index (κ3) is 4.69. The van der Waals surface area contributed by atoms with E-state index in [2.05, 4.69) is 25.6 Å². The van der Waals surface area contributed by atoms with Gasteiger partial charge in [-0.05, 0) is 57.1 Å². The predicted octanol–water partition coefficient (Wildman–Crippen LogP) is 4.43. The first-order valence-corrected chi connectivity index (χ1v) is 12.4. The van der Waals surface area contributed by atoms with E-state index in [4.69, 9.17) is 17.3 Å². The molecule has 0 unspecified atom stereocenters. The molecular weight excluding hydrogens is 492 g/mol. The number of nitrogens with one attached hydrogen (secondary N) is 2. The fourth-order valence-electron chi connectivity index (χ4n) is 5.18. The van der Waals surface area contributed by atoms with E-state index in [-0.39, 0.29) is 40.8 Å². The number of aromatic nitrogens is 4. The predicted molar refractivity (Wildman–Crippen MR) is 132 cm³/mol. The molecule has 12 heteroatoms. The maximum Gasteiger partial charge on any atom is 0.224 e. The fourth-order valence-corrected chi connectivity index (χ4v) is 5.38. The molecule has 0 aliphatic heterocycles. The Morgan fingerprint density at radius 2 is 1.89 bits per heavy atom. The van der Waals surface area contributed by atoms with Crippen LogP contribution < -0.4 is 16.4 Å². The molecular formula is C24H28ClF2N7O2. The van der Waals surface area contributed by atoms with E-state index >= 15 is 0 Å². The number of hydrogen-bond acceptors (Lipinski definition) is 7. The smallest absolute Gasteiger partial charge is 0.224 e. The van der Waals surface area contributed by atoms with Gasteiger partial charge in [-0.25, -0.2) is 18.7 Å². The number of rotatable bonds is 6. The van der Waals surface area contributed by atoms with Crippen LogP contribution in [-0.2, 0) is 4.79 Å². The van der Waals surface area contributed by atoms with Gasteiger partial charge in [0.15, 0.2) is 17.3 Å². The number of nitrogens with zero attached hydrogens (tertiary/aromatic N) is 4. The Labute approximate surface area is 211 Å². The Morgan fingerprint density at radius 3 is 2.50 bits per heavy atom.